The maximum atomic E-state index is 11.7. The topological polar surface area (TPSA) is 45.7 Å². The highest BCUT2D eigenvalue weighted by atomic mass is 16.1. The van der Waals surface area contributed by atoms with E-state index in [9.17, 15) is 4.79 Å². The van der Waals surface area contributed by atoms with Crippen molar-refractivity contribution in [2.75, 3.05) is 18.4 Å². The summed E-state index contributed by atoms with van der Waals surface area (Å²) in [5.41, 5.74) is 4.38. The smallest absolute Gasteiger partial charge is 0.279 e. The van der Waals surface area contributed by atoms with E-state index < -0.39 is 0 Å². The zero-order valence-electron chi connectivity index (χ0n) is 10.8. The number of aryl methyl sites for hydroxylation is 3. The minimum atomic E-state index is 0.0295. The van der Waals surface area contributed by atoms with E-state index in [2.05, 4.69) is 31.0 Å². The van der Waals surface area contributed by atoms with Crippen LogP contribution in [0.25, 0.3) is 0 Å². The fourth-order valence-electron chi connectivity index (χ4n) is 1.90. The summed E-state index contributed by atoms with van der Waals surface area (Å²) in [7, 11) is 0. The highest BCUT2D eigenvalue weighted by molar-refractivity contribution is 5.93. The number of nitrogens with two attached hydrogens (primary N) is 1. The third kappa shape index (κ3) is 4.04. The second-order valence-electron chi connectivity index (χ2n) is 4.34. The Bertz CT molecular complexity index is 401. The van der Waals surface area contributed by atoms with E-state index in [4.69, 9.17) is 0 Å². The molecule has 0 aliphatic rings. The first kappa shape index (κ1) is 13.5. The van der Waals surface area contributed by atoms with Gasteiger partial charge in [-0.2, -0.15) is 0 Å². The standard InChI is InChI=1S/C14H20N2O/c1-5-6-15-9-13(17)16-14-11(3)7-10(2)8-12(14)4/h5,7-8,15H,1,6,9H2,2-4H3,(H,16,17)/p+1. The SMILES string of the molecule is C=CC[NH2+]CC(=O)Nc1c(C)cc(C)cc1C. The number of amides is 1. The van der Waals surface area contributed by atoms with E-state index in [1.165, 1.54) is 5.56 Å². The van der Waals surface area contributed by atoms with Crippen LogP contribution in [0.5, 0.6) is 0 Å². The van der Waals surface area contributed by atoms with Crippen LogP contribution in [-0.4, -0.2) is 19.0 Å². The summed E-state index contributed by atoms with van der Waals surface area (Å²) in [6, 6.07) is 4.16. The van der Waals surface area contributed by atoms with Crippen LogP contribution < -0.4 is 10.6 Å². The molecule has 17 heavy (non-hydrogen) atoms. The zero-order chi connectivity index (χ0) is 12.8. The first-order chi connectivity index (χ1) is 8.04. The zero-order valence-corrected chi connectivity index (χ0v) is 10.8. The van der Waals surface area contributed by atoms with E-state index in [0.29, 0.717) is 6.54 Å². The second kappa shape index (κ2) is 6.21. The van der Waals surface area contributed by atoms with Crippen molar-refractivity contribution in [3.05, 3.63) is 41.5 Å². The lowest BCUT2D eigenvalue weighted by Crippen LogP contribution is -2.86. The number of anilines is 1. The Kier molecular flexibility index (Phi) is 4.91. The van der Waals surface area contributed by atoms with E-state index in [1.54, 1.807) is 6.08 Å². The number of quaternary nitrogens is 1. The Morgan fingerprint density at radius 2 is 1.94 bits per heavy atom. The van der Waals surface area contributed by atoms with Gasteiger partial charge < -0.3 is 10.6 Å². The lowest BCUT2D eigenvalue weighted by molar-refractivity contribution is -0.634. The molecule has 3 nitrogen and oxygen atoms in total. The van der Waals surface area contributed by atoms with E-state index in [-0.39, 0.29) is 5.91 Å². The van der Waals surface area contributed by atoms with E-state index in [1.807, 2.05) is 19.2 Å². The van der Waals surface area contributed by atoms with Crippen LogP contribution in [0.2, 0.25) is 0 Å². The Morgan fingerprint density at radius 3 is 2.47 bits per heavy atom. The number of carbonyl (C=O) groups excluding carboxylic acids is 1. The van der Waals surface area contributed by atoms with Gasteiger partial charge in [0.15, 0.2) is 6.54 Å². The van der Waals surface area contributed by atoms with Gasteiger partial charge in [0.2, 0.25) is 0 Å². The predicted molar refractivity (Wildman–Crippen MR) is 71.1 cm³/mol. The highest BCUT2D eigenvalue weighted by Crippen LogP contribution is 2.21. The number of rotatable bonds is 5. The summed E-state index contributed by atoms with van der Waals surface area (Å²) in [5.74, 6) is 0.0295. The average Bonchev–Trinajstić information content (AvgIpc) is 2.24. The lowest BCUT2D eigenvalue weighted by atomic mass is 10.1. The van der Waals surface area contributed by atoms with Crippen LogP contribution in [0.4, 0.5) is 5.69 Å². The van der Waals surface area contributed by atoms with Crippen molar-refractivity contribution in [3.8, 4) is 0 Å². The molecule has 0 radical (unpaired) electrons. The van der Waals surface area contributed by atoms with Gasteiger partial charge in [-0.3, -0.25) is 4.79 Å². The second-order valence-corrected chi connectivity index (χ2v) is 4.34. The number of hydrogen-bond donors (Lipinski definition) is 2. The molecule has 0 saturated carbocycles. The minimum absolute atomic E-state index is 0.0295. The van der Waals surface area contributed by atoms with Crippen LogP contribution >= 0.6 is 0 Å². The highest BCUT2D eigenvalue weighted by Gasteiger charge is 2.08. The van der Waals surface area contributed by atoms with Gasteiger partial charge in [-0.15, -0.1) is 0 Å². The molecule has 3 N–H and O–H groups in total. The Hall–Kier alpha value is -1.61. The normalized spacial score (nSPS) is 10.1. The molecule has 1 aromatic carbocycles. The van der Waals surface area contributed by atoms with Gasteiger partial charge >= 0.3 is 0 Å². The minimum Gasteiger partial charge on any atom is -0.335 e. The number of benzene rings is 1. The number of carbonyl (C=O) groups is 1. The fourth-order valence-corrected chi connectivity index (χ4v) is 1.90. The Morgan fingerprint density at radius 1 is 1.35 bits per heavy atom. The van der Waals surface area contributed by atoms with Gasteiger partial charge in [-0.1, -0.05) is 24.3 Å². The maximum absolute atomic E-state index is 11.7. The first-order valence-corrected chi connectivity index (χ1v) is 5.85. The third-order valence-electron chi connectivity index (χ3n) is 2.60. The molecule has 0 aliphatic heterocycles. The quantitative estimate of drug-likeness (QED) is 0.584. The fraction of sp³-hybridized carbons (Fsp3) is 0.357. The summed E-state index contributed by atoms with van der Waals surface area (Å²) in [6.45, 7) is 10.9. The molecule has 0 aromatic heterocycles. The van der Waals surface area contributed by atoms with Crippen molar-refractivity contribution in [3.63, 3.8) is 0 Å². The van der Waals surface area contributed by atoms with E-state index in [0.717, 1.165) is 23.4 Å². The molecule has 0 heterocycles. The van der Waals surface area contributed by atoms with Gasteiger partial charge in [0.25, 0.3) is 5.91 Å². The lowest BCUT2D eigenvalue weighted by Gasteiger charge is -2.12. The molecule has 3 heteroatoms. The van der Waals surface area contributed by atoms with Crippen LogP contribution in [0.3, 0.4) is 0 Å². The third-order valence-corrected chi connectivity index (χ3v) is 2.60. The molecule has 0 aliphatic carbocycles. The van der Waals surface area contributed by atoms with Gasteiger partial charge in [0.05, 0.1) is 6.54 Å². The molecule has 1 aromatic rings. The van der Waals surface area contributed by atoms with Gasteiger partial charge in [-0.25, -0.2) is 0 Å². The molecule has 1 rings (SSSR count). The van der Waals surface area contributed by atoms with Crippen molar-refractivity contribution >= 4 is 11.6 Å². The Balaban J connectivity index is 2.68. The largest absolute Gasteiger partial charge is 0.335 e. The van der Waals surface area contributed by atoms with Gasteiger partial charge in [0.1, 0.15) is 0 Å². The molecule has 0 spiro atoms. The molecule has 0 saturated heterocycles. The van der Waals surface area contributed by atoms with Crippen molar-refractivity contribution in [2.24, 2.45) is 0 Å². The number of hydrogen-bond acceptors (Lipinski definition) is 1. The molecule has 1 amide bonds. The molecule has 92 valence electrons. The van der Waals surface area contributed by atoms with Crippen LogP contribution in [0.1, 0.15) is 16.7 Å². The van der Waals surface area contributed by atoms with E-state index >= 15 is 0 Å². The first-order valence-electron chi connectivity index (χ1n) is 5.85. The van der Waals surface area contributed by atoms with Crippen molar-refractivity contribution < 1.29 is 10.1 Å². The summed E-state index contributed by atoms with van der Waals surface area (Å²) in [5, 5.41) is 4.88. The van der Waals surface area contributed by atoms with Gasteiger partial charge in [-0.05, 0) is 38.0 Å². The average molecular weight is 233 g/mol. The molecule has 0 unspecified atom stereocenters. The van der Waals surface area contributed by atoms with Crippen molar-refractivity contribution in [1.82, 2.24) is 0 Å². The summed E-state index contributed by atoms with van der Waals surface area (Å²) in [4.78, 5) is 11.7. The molecular formula is C14H21N2O+. The van der Waals surface area contributed by atoms with Crippen LogP contribution in [-0.2, 0) is 4.79 Å². The maximum Gasteiger partial charge on any atom is 0.279 e. The molecule has 0 bridgehead atoms. The molecule has 0 fully saturated rings. The summed E-state index contributed by atoms with van der Waals surface area (Å²) < 4.78 is 0. The van der Waals surface area contributed by atoms with Crippen LogP contribution in [0.15, 0.2) is 24.8 Å². The van der Waals surface area contributed by atoms with Gasteiger partial charge in [0, 0.05) is 5.69 Å². The molecular weight excluding hydrogens is 212 g/mol. The summed E-state index contributed by atoms with van der Waals surface area (Å²) >= 11 is 0. The van der Waals surface area contributed by atoms with Crippen molar-refractivity contribution in [2.45, 2.75) is 20.8 Å². The molecule has 0 atom stereocenters. The Labute approximate surface area is 103 Å². The monoisotopic (exact) mass is 233 g/mol. The number of nitrogens with one attached hydrogen (secondary N) is 1. The van der Waals surface area contributed by atoms with Crippen molar-refractivity contribution in [1.29, 1.82) is 0 Å². The summed E-state index contributed by atoms with van der Waals surface area (Å²) in [6.07, 6.45) is 1.79. The van der Waals surface area contributed by atoms with Crippen LogP contribution in [0, 0.1) is 20.8 Å². The predicted octanol–water partition coefficient (Wildman–Crippen LogP) is 1.30.